The number of hydrogen-bond acceptors (Lipinski definition) is 1. The summed E-state index contributed by atoms with van der Waals surface area (Å²) in [7, 11) is 0. The first-order valence-electron chi connectivity index (χ1n) is 4.93. The Morgan fingerprint density at radius 2 is 1.56 bits per heavy atom. The number of halogens is 6. The van der Waals surface area contributed by atoms with E-state index in [0.29, 0.717) is 5.56 Å². The molecule has 0 saturated carbocycles. The van der Waals surface area contributed by atoms with Crippen molar-refractivity contribution in [1.82, 2.24) is 0 Å². The molecule has 18 heavy (non-hydrogen) atoms. The predicted molar refractivity (Wildman–Crippen MR) is 52.1 cm³/mol. The quantitative estimate of drug-likeness (QED) is 0.807. The minimum atomic E-state index is -5.39. The number of rotatable bonds is 2. The number of phenols is 1. The molecule has 1 aromatic rings. The van der Waals surface area contributed by atoms with Gasteiger partial charge in [0, 0.05) is 0 Å². The van der Waals surface area contributed by atoms with Gasteiger partial charge in [-0.15, -0.1) is 0 Å². The minimum Gasteiger partial charge on any atom is -0.508 e. The van der Waals surface area contributed by atoms with Crippen LogP contribution in [0.1, 0.15) is 11.1 Å². The topological polar surface area (TPSA) is 20.2 Å². The molecule has 0 spiro atoms. The summed E-state index contributed by atoms with van der Waals surface area (Å²) in [6.07, 6.45) is -12.1. The number of hydrogen-bond donors (Lipinski definition) is 1. The second kappa shape index (κ2) is 4.70. The summed E-state index contributed by atoms with van der Waals surface area (Å²) in [4.78, 5) is 0. The summed E-state index contributed by atoms with van der Waals surface area (Å²) in [5.41, 5.74) is 0.173. The van der Waals surface area contributed by atoms with Crippen LogP contribution in [0.2, 0.25) is 0 Å². The van der Waals surface area contributed by atoms with E-state index < -0.39 is 30.4 Å². The van der Waals surface area contributed by atoms with E-state index >= 15 is 0 Å². The molecule has 0 radical (unpaired) electrons. The highest BCUT2D eigenvalue weighted by molar-refractivity contribution is 5.36. The maximum Gasteiger partial charge on any atom is 0.400 e. The Bertz CT molecular complexity index is 407. The molecule has 0 aliphatic heterocycles. The van der Waals surface area contributed by atoms with Gasteiger partial charge in [0.1, 0.15) is 5.75 Å². The van der Waals surface area contributed by atoms with E-state index in [2.05, 4.69) is 0 Å². The predicted octanol–water partition coefficient (Wildman–Crippen LogP) is 3.98. The van der Waals surface area contributed by atoms with Crippen LogP contribution in [-0.2, 0) is 6.42 Å². The van der Waals surface area contributed by atoms with Crippen LogP contribution in [0.15, 0.2) is 18.2 Å². The van der Waals surface area contributed by atoms with Gasteiger partial charge < -0.3 is 5.11 Å². The highest BCUT2D eigenvalue weighted by Gasteiger charge is 2.56. The molecule has 0 unspecified atom stereocenters. The largest absolute Gasteiger partial charge is 0.508 e. The monoisotopic (exact) mass is 272 g/mol. The molecule has 0 heterocycles. The third-order valence-corrected chi connectivity index (χ3v) is 2.46. The second-order valence-electron chi connectivity index (χ2n) is 3.97. The first-order valence-corrected chi connectivity index (χ1v) is 4.93. The van der Waals surface area contributed by atoms with Crippen molar-refractivity contribution in [3.8, 4) is 5.75 Å². The Hall–Kier alpha value is -1.40. The molecular formula is C11H10F6O. The van der Waals surface area contributed by atoms with Gasteiger partial charge in [-0.05, 0) is 30.5 Å². The van der Waals surface area contributed by atoms with E-state index in [9.17, 15) is 31.4 Å². The number of alkyl halides is 6. The highest BCUT2D eigenvalue weighted by Crippen LogP contribution is 2.42. The summed E-state index contributed by atoms with van der Waals surface area (Å²) < 4.78 is 73.9. The molecule has 0 saturated heterocycles. The van der Waals surface area contributed by atoms with Gasteiger partial charge in [-0.3, -0.25) is 0 Å². The SMILES string of the molecule is Cc1ccc(CC(C(F)(F)F)C(F)(F)F)c(O)c1. The third-order valence-electron chi connectivity index (χ3n) is 2.46. The van der Waals surface area contributed by atoms with Gasteiger partial charge in [0.25, 0.3) is 0 Å². The lowest BCUT2D eigenvalue weighted by Gasteiger charge is -2.23. The van der Waals surface area contributed by atoms with Crippen molar-refractivity contribution in [2.45, 2.75) is 25.7 Å². The van der Waals surface area contributed by atoms with E-state index in [-0.39, 0.29) is 5.56 Å². The molecule has 102 valence electrons. The smallest absolute Gasteiger partial charge is 0.400 e. The summed E-state index contributed by atoms with van der Waals surface area (Å²) in [5, 5.41) is 9.34. The molecule has 0 aliphatic rings. The van der Waals surface area contributed by atoms with Crippen LogP contribution in [0.25, 0.3) is 0 Å². The van der Waals surface area contributed by atoms with Crippen molar-refractivity contribution in [3.05, 3.63) is 29.3 Å². The molecule has 1 aromatic carbocycles. The van der Waals surface area contributed by atoms with Crippen molar-refractivity contribution < 1.29 is 31.4 Å². The lowest BCUT2D eigenvalue weighted by molar-refractivity contribution is -0.283. The lowest BCUT2D eigenvalue weighted by Crippen LogP contribution is -2.38. The van der Waals surface area contributed by atoms with Gasteiger partial charge in [-0.1, -0.05) is 12.1 Å². The Morgan fingerprint density at radius 3 is 1.94 bits per heavy atom. The van der Waals surface area contributed by atoms with Crippen LogP contribution >= 0.6 is 0 Å². The molecule has 1 N–H and O–H groups in total. The summed E-state index contributed by atoms with van der Waals surface area (Å²) >= 11 is 0. The van der Waals surface area contributed by atoms with Crippen LogP contribution in [0, 0.1) is 12.8 Å². The van der Waals surface area contributed by atoms with Gasteiger partial charge in [-0.2, -0.15) is 26.3 Å². The van der Waals surface area contributed by atoms with Crippen molar-refractivity contribution in [2.75, 3.05) is 0 Å². The van der Waals surface area contributed by atoms with E-state index in [1.54, 1.807) is 6.92 Å². The van der Waals surface area contributed by atoms with Gasteiger partial charge in [0.2, 0.25) is 0 Å². The molecule has 7 heteroatoms. The van der Waals surface area contributed by atoms with E-state index in [1.165, 1.54) is 6.07 Å². The molecular weight excluding hydrogens is 262 g/mol. The molecule has 0 bridgehead atoms. The standard InChI is InChI=1S/C11H10F6O/c1-6-2-3-7(8(18)4-6)5-9(10(12,13)14)11(15,16)17/h2-4,9,18H,5H2,1H3. The fourth-order valence-corrected chi connectivity index (χ4v) is 1.48. The van der Waals surface area contributed by atoms with Crippen molar-refractivity contribution in [3.63, 3.8) is 0 Å². The summed E-state index contributed by atoms with van der Waals surface area (Å²) in [6.45, 7) is 1.56. The number of aromatic hydroxyl groups is 1. The van der Waals surface area contributed by atoms with E-state index in [1.807, 2.05) is 0 Å². The van der Waals surface area contributed by atoms with Crippen molar-refractivity contribution in [2.24, 2.45) is 5.92 Å². The zero-order chi connectivity index (χ0) is 14.1. The summed E-state index contributed by atoms with van der Waals surface area (Å²) in [6, 6.07) is 3.53. The zero-order valence-corrected chi connectivity index (χ0v) is 9.23. The maximum absolute atomic E-state index is 12.3. The van der Waals surface area contributed by atoms with Crippen LogP contribution in [0.5, 0.6) is 5.75 Å². The lowest BCUT2D eigenvalue weighted by atomic mass is 9.96. The maximum atomic E-state index is 12.3. The molecule has 0 fully saturated rings. The fraction of sp³-hybridized carbons (Fsp3) is 0.455. The van der Waals surface area contributed by atoms with Crippen LogP contribution in [-0.4, -0.2) is 17.5 Å². The van der Waals surface area contributed by atoms with Crippen LogP contribution < -0.4 is 0 Å². The van der Waals surface area contributed by atoms with Gasteiger partial charge in [0.15, 0.2) is 5.92 Å². The summed E-state index contributed by atoms with van der Waals surface area (Å²) in [5.74, 6) is -4.04. The Labute approximate surface area is 99.0 Å². The van der Waals surface area contributed by atoms with Gasteiger partial charge >= 0.3 is 12.4 Å². The molecule has 0 aromatic heterocycles. The van der Waals surface area contributed by atoms with Crippen molar-refractivity contribution in [1.29, 1.82) is 0 Å². The first-order chi connectivity index (χ1) is 8.01. The highest BCUT2D eigenvalue weighted by atomic mass is 19.4. The minimum absolute atomic E-state index is 0.375. The molecule has 1 nitrogen and oxygen atoms in total. The van der Waals surface area contributed by atoms with Crippen LogP contribution in [0.3, 0.4) is 0 Å². The number of phenolic OH excluding ortho intramolecular Hbond substituents is 1. The second-order valence-corrected chi connectivity index (χ2v) is 3.97. The number of aryl methyl sites for hydroxylation is 1. The average molecular weight is 272 g/mol. The normalized spacial score (nSPS) is 13.1. The van der Waals surface area contributed by atoms with E-state index in [4.69, 9.17) is 0 Å². The first kappa shape index (κ1) is 14.7. The number of benzene rings is 1. The molecule has 0 amide bonds. The fourth-order valence-electron chi connectivity index (χ4n) is 1.48. The average Bonchev–Trinajstić information content (AvgIpc) is 2.12. The molecule has 1 rings (SSSR count). The van der Waals surface area contributed by atoms with Gasteiger partial charge in [0.05, 0.1) is 0 Å². The van der Waals surface area contributed by atoms with Crippen molar-refractivity contribution >= 4 is 0 Å². The Kier molecular flexibility index (Phi) is 3.83. The van der Waals surface area contributed by atoms with Gasteiger partial charge in [-0.25, -0.2) is 0 Å². The zero-order valence-electron chi connectivity index (χ0n) is 9.23. The van der Waals surface area contributed by atoms with Crippen LogP contribution in [0.4, 0.5) is 26.3 Å². The third kappa shape index (κ3) is 3.54. The molecule has 0 aliphatic carbocycles. The van der Waals surface area contributed by atoms with E-state index in [0.717, 1.165) is 12.1 Å². The Morgan fingerprint density at radius 1 is 1.06 bits per heavy atom. The Balaban J connectivity index is 3.05. The molecule has 0 atom stereocenters.